The van der Waals surface area contributed by atoms with Gasteiger partial charge in [-0.15, -0.1) is 0 Å². The van der Waals surface area contributed by atoms with E-state index in [2.05, 4.69) is 158 Å². The molecule has 0 aliphatic heterocycles. The zero-order chi connectivity index (χ0) is 25.8. The Labute approximate surface area is 226 Å². The van der Waals surface area contributed by atoms with E-state index in [-0.39, 0.29) is 0 Å². The molecular weight excluding hydrogens is 456 g/mol. The Morgan fingerprint density at radius 1 is 0.342 bits per heavy atom. The zero-order valence-corrected chi connectivity index (χ0v) is 21.2. The first kappa shape index (κ1) is 24.7. The van der Waals surface area contributed by atoms with Crippen molar-refractivity contribution >= 4 is 48.6 Å². The Kier molecular flexibility index (Phi) is 8.37. The van der Waals surface area contributed by atoms with Crippen molar-refractivity contribution in [1.29, 1.82) is 0 Å². The van der Waals surface area contributed by atoms with E-state index < -0.39 is 0 Å². The molecule has 0 saturated heterocycles. The van der Waals surface area contributed by atoms with Crippen LogP contribution in [0.3, 0.4) is 0 Å². The van der Waals surface area contributed by atoms with Crippen molar-refractivity contribution in [3.8, 4) is 0 Å². The highest BCUT2D eigenvalue weighted by Crippen LogP contribution is 2.28. The molecule has 5 rings (SSSR count). The van der Waals surface area contributed by atoms with Gasteiger partial charge in [-0.2, -0.15) is 0 Å². The molecule has 0 saturated carbocycles. The van der Waals surface area contributed by atoms with E-state index in [1.54, 1.807) is 0 Å². The van der Waals surface area contributed by atoms with Gasteiger partial charge in [-0.05, 0) is 56.6 Å². The first-order valence-electron chi connectivity index (χ1n) is 12.9. The molecule has 0 spiro atoms. The van der Waals surface area contributed by atoms with Gasteiger partial charge in [0.25, 0.3) is 0 Å². The largest absolute Gasteiger partial charge is 0.0622 e. The zero-order valence-electron chi connectivity index (χ0n) is 21.2. The fourth-order valence-electron chi connectivity index (χ4n) is 4.23. The summed E-state index contributed by atoms with van der Waals surface area (Å²) in [6.45, 7) is 0. The van der Waals surface area contributed by atoms with Gasteiger partial charge in [0.1, 0.15) is 0 Å². The van der Waals surface area contributed by atoms with E-state index >= 15 is 0 Å². The maximum Gasteiger partial charge on any atom is -0.00926 e. The fraction of sp³-hybridized carbons (Fsp3) is 0. The van der Waals surface area contributed by atoms with Crippen molar-refractivity contribution in [2.75, 3.05) is 0 Å². The molecule has 5 aromatic carbocycles. The van der Waals surface area contributed by atoms with Gasteiger partial charge in [-0.25, -0.2) is 0 Å². The summed E-state index contributed by atoms with van der Waals surface area (Å²) < 4.78 is 0. The minimum atomic E-state index is 1.05. The van der Waals surface area contributed by atoms with Crippen LogP contribution in [0.2, 0.25) is 0 Å². The second-order valence-corrected chi connectivity index (χ2v) is 8.96. The van der Waals surface area contributed by atoms with Crippen molar-refractivity contribution in [3.63, 3.8) is 0 Å². The van der Waals surface area contributed by atoms with Crippen LogP contribution in [0.1, 0.15) is 44.5 Å². The smallest absolute Gasteiger partial charge is 0.00926 e. The van der Waals surface area contributed by atoms with Gasteiger partial charge in [0.15, 0.2) is 0 Å². The Hall–Kier alpha value is -4.94. The molecular formula is C38H29. The molecule has 0 amide bonds. The monoisotopic (exact) mass is 485 g/mol. The van der Waals surface area contributed by atoms with Gasteiger partial charge in [-0.1, -0.05) is 170 Å². The summed E-state index contributed by atoms with van der Waals surface area (Å²) in [5.41, 5.74) is 9.10. The molecule has 0 atom stereocenters. The molecule has 0 aliphatic carbocycles. The molecule has 5 aromatic rings. The van der Waals surface area contributed by atoms with Crippen LogP contribution < -0.4 is 0 Å². The van der Waals surface area contributed by atoms with E-state index in [1.807, 2.05) is 24.3 Å². The summed E-state index contributed by atoms with van der Waals surface area (Å²) in [6.07, 6.45) is 17.4. The van der Waals surface area contributed by atoms with Crippen molar-refractivity contribution < 1.29 is 0 Å². The highest BCUT2D eigenvalue weighted by molar-refractivity contribution is 5.90. The third kappa shape index (κ3) is 6.84. The minimum Gasteiger partial charge on any atom is -0.0622 e. The number of hydrogen-bond donors (Lipinski definition) is 0. The van der Waals surface area contributed by atoms with Gasteiger partial charge < -0.3 is 0 Å². The lowest BCUT2D eigenvalue weighted by atomic mass is 9.93. The third-order valence-electron chi connectivity index (χ3n) is 6.26. The molecule has 0 N–H and O–H groups in total. The van der Waals surface area contributed by atoms with Crippen LogP contribution in [0.15, 0.2) is 127 Å². The van der Waals surface area contributed by atoms with Crippen LogP contribution in [0.4, 0.5) is 0 Å². The Morgan fingerprint density at radius 3 is 1.16 bits per heavy atom. The Morgan fingerprint density at radius 2 is 0.711 bits per heavy atom. The molecule has 0 fully saturated rings. The van der Waals surface area contributed by atoms with E-state index in [0.29, 0.717) is 0 Å². The van der Waals surface area contributed by atoms with Crippen molar-refractivity contribution in [2.45, 2.75) is 0 Å². The molecule has 0 heteroatoms. The normalized spacial score (nSPS) is 11.8. The predicted molar refractivity (Wildman–Crippen MR) is 167 cm³/mol. The van der Waals surface area contributed by atoms with Gasteiger partial charge in [0.2, 0.25) is 0 Å². The molecule has 1 radical (unpaired) electrons. The Bertz CT molecular complexity index is 1430. The second-order valence-electron chi connectivity index (χ2n) is 8.96. The fourth-order valence-corrected chi connectivity index (χ4v) is 4.23. The highest BCUT2D eigenvalue weighted by Gasteiger charge is 2.08. The van der Waals surface area contributed by atoms with Gasteiger partial charge in [-0.3, -0.25) is 0 Å². The SMILES string of the molecule is [c]1cc(/C=C/c2ccccc2)c(/C=C/c2ccccc2)c(/C=C/c2ccccc2)c1/C=C/c1ccccc1. The molecule has 0 unspecified atom stereocenters. The maximum atomic E-state index is 3.56. The van der Waals surface area contributed by atoms with Crippen LogP contribution in [0, 0.1) is 6.07 Å². The van der Waals surface area contributed by atoms with Crippen LogP contribution in [0.25, 0.3) is 48.6 Å². The molecule has 0 aromatic heterocycles. The van der Waals surface area contributed by atoms with Gasteiger partial charge >= 0.3 is 0 Å². The lowest BCUT2D eigenvalue weighted by Gasteiger charge is -2.11. The summed E-state index contributed by atoms with van der Waals surface area (Å²) in [5.74, 6) is 0. The average Bonchev–Trinajstić information content (AvgIpc) is 2.99. The summed E-state index contributed by atoms with van der Waals surface area (Å²) in [5, 5.41) is 0. The van der Waals surface area contributed by atoms with E-state index in [0.717, 1.165) is 38.9 Å². The quantitative estimate of drug-likeness (QED) is 0.192. The molecule has 38 heavy (non-hydrogen) atoms. The lowest BCUT2D eigenvalue weighted by Crippen LogP contribution is -1.92. The number of hydrogen-bond acceptors (Lipinski definition) is 0. The summed E-state index contributed by atoms with van der Waals surface area (Å²) in [4.78, 5) is 0. The van der Waals surface area contributed by atoms with Crippen LogP contribution in [-0.2, 0) is 0 Å². The first-order valence-corrected chi connectivity index (χ1v) is 12.9. The van der Waals surface area contributed by atoms with Crippen molar-refractivity contribution in [2.24, 2.45) is 0 Å². The standard InChI is InChI=1S/C38H29/c1-5-13-31(14-6-1)21-25-35-27-28-36(26-22-32-15-7-2-8-16-32)38(30-24-34-19-11-4-12-20-34)37(35)29-23-33-17-9-3-10-18-33/h1-27,29-30H/b25-21+,26-22+,29-23+,30-24+. The van der Waals surface area contributed by atoms with Crippen LogP contribution in [-0.4, -0.2) is 0 Å². The second kappa shape index (κ2) is 12.9. The predicted octanol–water partition coefficient (Wildman–Crippen LogP) is 10.2. The van der Waals surface area contributed by atoms with Crippen LogP contribution in [0.5, 0.6) is 0 Å². The first-order chi connectivity index (χ1) is 18.8. The number of rotatable bonds is 8. The topological polar surface area (TPSA) is 0 Å². The van der Waals surface area contributed by atoms with Crippen molar-refractivity contribution in [3.05, 3.63) is 178 Å². The van der Waals surface area contributed by atoms with Gasteiger partial charge in [0, 0.05) is 0 Å². The molecule has 0 bridgehead atoms. The molecule has 0 heterocycles. The molecule has 181 valence electrons. The maximum absolute atomic E-state index is 3.56. The van der Waals surface area contributed by atoms with E-state index in [9.17, 15) is 0 Å². The van der Waals surface area contributed by atoms with Gasteiger partial charge in [0.05, 0.1) is 0 Å². The highest BCUT2D eigenvalue weighted by atomic mass is 14.1. The lowest BCUT2D eigenvalue weighted by molar-refractivity contribution is 1.53. The third-order valence-corrected chi connectivity index (χ3v) is 6.26. The summed E-state index contributed by atoms with van der Waals surface area (Å²) >= 11 is 0. The van der Waals surface area contributed by atoms with Crippen molar-refractivity contribution in [1.82, 2.24) is 0 Å². The summed E-state index contributed by atoms with van der Waals surface area (Å²) in [6, 6.07) is 47.3. The Balaban J connectivity index is 1.64. The summed E-state index contributed by atoms with van der Waals surface area (Å²) in [7, 11) is 0. The molecule has 0 nitrogen and oxygen atoms in total. The number of benzene rings is 5. The minimum absolute atomic E-state index is 1.05. The average molecular weight is 486 g/mol. The molecule has 0 aliphatic rings. The van der Waals surface area contributed by atoms with E-state index in [4.69, 9.17) is 0 Å². The van der Waals surface area contributed by atoms with Crippen LogP contribution >= 0.6 is 0 Å². The van der Waals surface area contributed by atoms with E-state index in [1.165, 1.54) is 5.56 Å².